The fourth-order valence-corrected chi connectivity index (χ4v) is 2.03. The number of nitrogens with zero attached hydrogens (tertiary/aromatic N) is 2. The van der Waals surface area contributed by atoms with Gasteiger partial charge in [0.05, 0.1) is 6.54 Å². The SMILES string of the molecule is CC(=O)C(C)(C)CN1CCN(CC(F)(F)F)CC1. The fourth-order valence-electron chi connectivity index (χ4n) is 2.03. The Balaban J connectivity index is 2.38. The lowest BCUT2D eigenvalue weighted by atomic mass is 9.88. The Morgan fingerprint density at radius 3 is 1.72 bits per heavy atom. The van der Waals surface area contributed by atoms with Gasteiger partial charge in [-0.2, -0.15) is 13.2 Å². The topological polar surface area (TPSA) is 23.6 Å². The molecule has 0 radical (unpaired) electrons. The number of Topliss-reactive ketones (excluding diaryl/α,β-unsaturated/α-hetero) is 1. The van der Waals surface area contributed by atoms with Gasteiger partial charge in [-0.25, -0.2) is 0 Å². The van der Waals surface area contributed by atoms with Crippen LogP contribution < -0.4 is 0 Å². The molecule has 0 aromatic rings. The van der Waals surface area contributed by atoms with Crippen LogP contribution in [-0.2, 0) is 4.79 Å². The molecule has 0 aromatic heterocycles. The molecule has 0 amide bonds. The van der Waals surface area contributed by atoms with E-state index in [0.29, 0.717) is 32.7 Å². The van der Waals surface area contributed by atoms with E-state index >= 15 is 0 Å². The zero-order valence-electron chi connectivity index (χ0n) is 11.2. The van der Waals surface area contributed by atoms with Crippen LogP contribution in [0.3, 0.4) is 0 Å². The maximum absolute atomic E-state index is 12.2. The van der Waals surface area contributed by atoms with Crippen LogP contribution in [0, 0.1) is 5.41 Å². The molecule has 1 heterocycles. The van der Waals surface area contributed by atoms with Crippen molar-refractivity contribution in [3.63, 3.8) is 0 Å². The van der Waals surface area contributed by atoms with Crippen molar-refractivity contribution in [2.24, 2.45) is 5.41 Å². The average Bonchev–Trinajstić information content (AvgIpc) is 2.18. The second kappa shape index (κ2) is 5.57. The first kappa shape index (κ1) is 15.4. The molecule has 0 N–H and O–H groups in total. The Morgan fingerprint density at radius 1 is 1.00 bits per heavy atom. The monoisotopic (exact) mass is 266 g/mol. The highest BCUT2D eigenvalue weighted by atomic mass is 19.4. The molecule has 1 aliphatic rings. The van der Waals surface area contributed by atoms with Crippen molar-refractivity contribution in [2.45, 2.75) is 26.9 Å². The molecule has 1 fully saturated rings. The lowest BCUT2D eigenvalue weighted by Crippen LogP contribution is -2.51. The molecule has 1 aliphatic heterocycles. The number of rotatable bonds is 4. The summed E-state index contributed by atoms with van der Waals surface area (Å²) in [5.41, 5.74) is -0.424. The van der Waals surface area contributed by atoms with Gasteiger partial charge < -0.3 is 0 Å². The van der Waals surface area contributed by atoms with Crippen molar-refractivity contribution in [1.29, 1.82) is 0 Å². The van der Waals surface area contributed by atoms with Crippen molar-refractivity contribution in [3.05, 3.63) is 0 Å². The number of ketones is 1. The quantitative estimate of drug-likeness (QED) is 0.775. The number of carbonyl (C=O) groups is 1. The number of hydrogen-bond donors (Lipinski definition) is 0. The van der Waals surface area contributed by atoms with Crippen LogP contribution in [0.4, 0.5) is 13.2 Å². The molecule has 6 heteroatoms. The standard InChI is InChI=1S/C12H21F3N2O/c1-10(18)11(2,3)8-16-4-6-17(7-5-16)9-12(13,14)15/h4-9H2,1-3H3. The highest BCUT2D eigenvalue weighted by molar-refractivity contribution is 5.81. The van der Waals surface area contributed by atoms with Crippen molar-refractivity contribution in [3.8, 4) is 0 Å². The third kappa shape index (κ3) is 4.94. The molecule has 1 rings (SSSR count). The number of alkyl halides is 3. The highest BCUT2D eigenvalue weighted by Gasteiger charge is 2.33. The van der Waals surface area contributed by atoms with Gasteiger partial charge in [0.15, 0.2) is 0 Å². The minimum Gasteiger partial charge on any atom is -0.300 e. The van der Waals surface area contributed by atoms with Gasteiger partial charge in [0.1, 0.15) is 5.78 Å². The molecule has 0 saturated carbocycles. The predicted octanol–water partition coefficient (Wildman–Crippen LogP) is 1.78. The molecule has 0 aromatic carbocycles. The summed E-state index contributed by atoms with van der Waals surface area (Å²) in [6.45, 7) is 7.08. The average molecular weight is 266 g/mol. The molecule has 106 valence electrons. The van der Waals surface area contributed by atoms with Crippen molar-refractivity contribution >= 4 is 5.78 Å². The molecule has 3 nitrogen and oxygen atoms in total. The van der Waals surface area contributed by atoms with E-state index in [2.05, 4.69) is 4.90 Å². The van der Waals surface area contributed by atoms with E-state index in [1.807, 2.05) is 13.8 Å². The Bertz CT molecular complexity index is 294. The fraction of sp³-hybridized carbons (Fsp3) is 0.917. The Morgan fingerprint density at radius 2 is 1.39 bits per heavy atom. The molecule has 0 bridgehead atoms. The zero-order chi connectivity index (χ0) is 14.0. The number of carbonyl (C=O) groups excluding carboxylic acids is 1. The summed E-state index contributed by atoms with van der Waals surface area (Å²) in [7, 11) is 0. The summed E-state index contributed by atoms with van der Waals surface area (Å²) in [6, 6.07) is 0. The van der Waals surface area contributed by atoms with Gasteiger partial charge in [0, 0.05) is 38.1 Å². The van der Waals surface area contributed by atoms with Gasteiger partial charge in [-0.1, -0.05) is 13.8 Å². The van der Waals surface area contributed by atoms with Crippen LogP contribution in [0.25, 0.3) is 0 Å². The maximum atomic E-state index is 12.2. The molecular formula is C12H21F3N2O. The predicted molar refractivity (Wildman–Crippen MR) is 63.4 cm³/mol. The Kier molecular flexibility index (Phi) is 4.78. The van der Waals surface area contributed by atoms with Gasteiger partial charge in [-0.05, 0) is 6.92 Å². The minimum atomic E-state index is -4.12. The molecular weight excluding hydrogens is 245 g/mol. The van der Waals surface area contributed by atoms with Gasteiger partial charge in [-0.15, -0.1) is 0 Å². The number of piperazine rings is 1. The van der Waals surface area contributed by atoms with Crippen molar-refractivity contribution in [1.82, 2.24) is 9.80 Å². The van der Waals surface area contributed by atoms with E-state index in [1.54, 1.807) is 6.92 Å². The van der Waals surface area contributed by atoms with Crippen LogP contribution in [0.5, 0.6) is 0 Å². The first-order valence-electron chi connectivity index (χ1n) is 6.13. The summed E-state index contributed by atoms with van der Waals surface area (Å²) < 4.78 is 36.6. The van der Waals surface area contributed by atoms with Crippen LogP contribution in [0.15, 0.2) is 0 Å². The van der Waals surface area contributed by atoms with E-state index in [9.17, 15) is 18.0 Å². The van der Waals surface area contributed by atoms with E-state index < -0.39 is 18.1 Å². The summed E-state index contributed by atoms with van der Waals surface area (Å²) in [6.07, 6.45) is -4.12. The molecule has 0 atom stereocenters. The van der Waals surface area contributed by atoms with E-state index in [1.165, 1.54) is 4.90 Å². The third-order valence-corrected chi connectivity index (χ3v) is 3.44. The van der Waals surface area contributed by atoms with Crippen LogP contribution >= 0.6 is 0 Å². The second-order valence-electron chi connectivity index (χ2n) is 5.61. The highest BCUT2D eigenvalue weighted by Crippen LogP contribution is 2.21. The van der Waals surface area contributed by atoms with Crippen LogP contribution in [0.2, 0.25) is 0 Å². The lowest BCUT2D eigenvalue weighted by Gasteiger charge is -2.38. The van der Waals surface area contributed by atoms with E-state index in [0.717, 1.165) is 0 Å². The lowest BCUT2D eigenvalue weighted by molar-refractivity contribution is -0.149. The summed E-state index contributed by atoms with van der Waals surface area (Å²) in [4.78, 5) is 14.9. The van der Waals surface area contributed by atoms with Gasteiger partial charge in [-0.3, -0.25) is 14.6 Å². The molecule has 0 unspecified atom stereocenters. The molecule has 0 spiro atoms. The third-order valence-electron chi connectivity index (χ3n) is 3.44. The Hall–Kier alpha value is -0.620. The van der Waals surface area contributed by atoms with Gasteiger partial charge in [0.2, 0.25) is 0 Å². The second-order valence-corrected chi connectivity index (χ2v) is 5.61. The maximum Gasteiger partial charge on any atom is 0.401 e. The van der Waals surface area contributed by atoms with Crippen LogP contribution in [-0.4, -0.2) is 61.0 Å². The van der Waals surface area contributed by atoms with Gasteiger partial charge in [0.25, 0.3) is 0 Å². The number of halogens is 3. The largest absolute Gasteiger partial charge is 0.401 e. The van der Waals surface area contributed by atoms with E-state index in [-0.39, 0.29) is 5.78 Å². The molecule has 1 saturated heterocycles. The van der Waals surface area contributed by atoms with Crippen molar-refractivity contribution < 1.29 is 18.0 Å². The molecule has 0 aliphatic carbocycles. The smallest absolute Gasteiger partial charge is 0.300 e. The minimum absolute atomic E-state index is 0.111. The zero-order valence-corrected chi connectivity index (χ0v) is 11.2. The van der Waals surface area contributed by atoms with E-state index in [4.69, 9.17) is 0 Å². The number of hydrogen-bond acceptors (Lipinski definition) is 3. The van der Waals surface area contributed by atoms with Crippen LogP contribution in [0.1, 0.15) is 20.8 Å². The summed E-state index contributed by atoms with van der Waals surface area (Å²) >= 11 is 0. The summed E-state index contributed by atoms with van der Waals surface area (Å²) in [5.74, 6) is 0.111. The van der Waals surface area contributed by atoms with Crippen molar-refractivity contribution in [2.75, 3.05) is 39.3 Å². The molecule has 18 heavy (non-hydrogen) atoms. The Labute approximate surface area is 106 Å². The summed E-state index contributed by atoms with van der Waals surface area (Å²) in [5, 5.41) is 0. The van der Waals surface area contributed by atoms with Gasteiger partial charge >= 0.3 is 6.18 Å². The normalized spacial score (nSPS) is 20.1. The first-order chi connectivity index (χ1) is 8.10. The first-order valence-corrected chi connectivity index (χ1v) is 6.13.